The standard InChI is InChI=1S/C23H25N5O/c1-18(19-8-4-2-5-9-19)24-23-25-21(20-10-6-3-7-11-20)16-22(26-23)28-14-12-27(17-29)13-15-28/h2-11,16-18H,12-15H2,1H3,(H,24,25,26). The predicted octanol–water partition coefficient (Wildman–Crippen LogP) is 3.60. The van der Waals surface area contributed by atoms with Crippen molar-refractivity contribution in [3.8, 4) is 11.3 Å². The van der Waals surface area contributed by atoms with Crippen LogP contribution in [-0.2, 0) is 4.79 Å². The monoisotopic (exact) mass is 387 g/mol. The first kappa shape index (κ1) is 18.9. The molecule has 1 fully saturated rings. The third-order valence-corrected chi connectivity index (χ3v) is 5.21. The third-order valence-electron chi connectivity index (χ3n) is 5.21. The third kappa shape index (κ3) is 4.54. The largest absolute Gasteiger partial charge is 0.353 e. The van der Waals surface area contributed by atoms with E-state index < -0.39 is 0 Å². The lowest BCUT2D eigenvalue weighted by atomic mass is 10.1. The van der Waals surface area contributed by atoms with Gasteiger partial charge in [-0.1, -0.05) is 60.7 Å². The SMILES string of the molecule is CC(Nc1nc(-c2ccccc2)cc(N2CCN(C=O)CC2)n1)c1ccccc1. The van der Waals surface area contributed by atoms with Crippen LogP contribution in [0.2, 0.25) is 0 Å². The molecule has 1 aliphatic heterocycles. The second-order valence-corrected chi connectivity index (χ2v) is 7.21. The van der Waals surface area contributed by atoms with Gasteiger partial charge in [0.15, 0.2) is 0 Å². The Labute approximate surface area is 171 Å². The van der Waals surface area contributed by atoms with Gasteiger partial charge in [0, 0.05) is 37.8 Å². The van der Waals surface area contributed by atoms with Crippen LogP contribution in [0.3, 0.4) is 0 Å². The van der Waals surface area contributed by atoms with Crippen LogP contribution in [-0.4, -0.2) is 47.5 Å². The Balaban J connectivity index is 1.64. The fourth-order valence-electron chi connectivity index (χ4n) is 3.49. The first-order chi connectivity index (χ1) is 14.2. The van der Waals surface area contributed by atoms with Gasteiger partial charge in [-0.3, -0.25) is 4.79 Å². The molecule has 1 atom stereocenters. The van der Waals surface area contributed by atoms with Crippen molar-refractivity contribution < 1.29 is 4.79 Å². The van der Waals surface area contributed by atoms with Crippen molar-refractivity contribution >= 4 is 18.2 Å². The van der Waals surface area contributed by atoms with Crippen molar-refractivity contribution in [1.29, 1.82) is 0 Å². The molecular formula is C23H25N5O. The fourth-order valence-corrected chi connectivity index (χ4v) is 3.49. The van der Waals surface area contributed by atoms with Gasteiger partial charge in [0.1, 0.15) is 5.82 Å². The van der Waals surface area contributed by atoms with Gasteiger partial charge in [0.25, 0.3) is 0 Å². The maximum absolute atomic E-state index is 11.0. The first-order valence-electron chi connectivity index (χ1n) is 9.93. The van der Waals surface area contributed by atoms with E-state index in [9.17, 15) is 4.79 Å². The molecule has 1 aromatic heterocycles. The molecule has 0 saturated carbocycles. The number of hydrogen-bond acceptors (Lipinski definition) is 5. The van der Waals surface area contributed by atoms with Gasteiger partial charge >= 0.3 is 0 Å². The van der Waals surface area contributed by atoms with Crippen LogP contribution in [0.4, 0.5) is 11.8 Å². The highest BCUT2D eigenvalue weighted by atomic mass is 16.1. The van der Waals surface area contributed by atoms with E-state index in [-0.39, 0.29) is 6.04 Å². The topological polar surface area (TPSA) is 61.4 Å². The lowest BCUT2D eigenvalue weighted by Gasteiger charge is -2.33. The molecule has 148 valence electrons. The minimum Gasteiger partial charge on any atom is -0.353 e. The fraction of sp³-hybridized carbons (Fsp3) is 0.261. The molecule has 4 rings (SSSR count). The highest BCUT2D eigenvalue weighted by molar-refractivity contribution is 5.65. The molecule has 1 N–H and O–H groups in total. The number of nitrogens with one attached hydrogen (secondary N) is 1. The molecule has 0 radical (unpaired) electrons. The Morgan fingerprint density at radius 1 is 0.931 bits per heavy atom. The summed E-state index contributed by atoms with van der Waals surface area (Å²) in [4.78, 5) is 24.6. The van der Waals surface area contributed by atoms with Crippen LogP contribution in [0.15, 0.2) is 66.7 Å². The summed E-state index contributed by atoms with van der Waals surface area (Å²) >= 11 is 0. The molecule has 0 spiro atoms. The van der Waals surface area contributed by atoms with E-state index in [4.69, 9.17) is 9.97 Å². The number of carbonyl (C=O) groups excluding carboxylic acids is 1. The van der Waals surface area contributed by atoms with Gasteiger partial charge in [0.2, 0.25) is 12.4 Å². The molecule has 0 aliphatic carbocycles. The van der Waals surface area contributed by atoms with Crippen LogP contribution in [0.1, 0.15) is 18.5 Å². The van der Waals surface area contributed by atoms with Gasteiger partial charge in [-0.15, -0.1) is 0 Å². The molecule has 29 heavy (non-hydrogen) atoms. The minimum atomic E-state index is 0.0852. The summed E-state index contributed by atoms with van der Waals surface area (Å²) in [5.74, 6) is 1.49. The minimum absolute atomic E-state index is 0.0852. The van der Waals surface area contributed by atoms with Crippen molar-refractivity contribution in [2.24, 2.45) is 0 Å². The highest BCUT2D eigenvalue weighted by Crippen LogP contribution is 2.26. The van der Waals surface area contributed by atoms with Crippen molar-refractivity contribution in [3.63, 3.8) is 0 Å². The lowest BCUT2D eigenvalue weighted by Crippen LogP contribution is -2.46. The van der Waals surface area contributed by atoms with E-state index in [0.29, 0.717) is 19.0 Å². The van der Waals surface area contributed by atoms with Gasteiger partial charge in [-0.05, 0) is 12.5 Å². The van der Waals surface area contributed by atoms with E-state index in [2.05, 4.69) is 41.4 Å². The quantitative estimate of drug-likeness (QED) is 0.655. The summed E-state index contributed by atoms with van der Waals surface area (Å²) in [6, 6.07) is 22.5. The summed E-state index contributed by atoms with van der Waals surface area (Å²) < 4.78 is 0. The molecular weight excluding hydrogens is 362 g/mol. The molecule has 2 heterocycles. The number of anilines is 2. The number of aromatic nitrogens is 2. The number of piperazine rings is 1. The van der Waals surface area contributed by atoms with Crippen molar-refractivity contribution in [1.82, 2.24) is 14.9 Å². The molecule has 2 aromatic carbocycles. The Kier molecular flexibility index (Phi) is 5.70. The lowest BCUT2D eigenvalue weighted by molar-refractivity contribution is -0.118. The number of amides is 1. The molecule has 1 unspecified atom stereocenters. The van der Waals surface area contributed by atoms with Crippen LogP contribution in [0, 0.1) is 0 Å². The number of benzene rings is 2. The zero-order chi connectivity index (χ0) is 20.1. The zero-order valence-electron chi connectivity index (χ0n) is 16.5. The Morgan fingerprint density at radius 3 is 2.24 bits per heavy atom. The highest BCUT2D eigenvalue weighted by Gasteiger charge is 2.19. The second kappa shape index (κ2) is 8.73. The summed E-state index contributed by atoms with van der Waals surface area (Å²) in [6.45, 7) is 5.04. The van der Waals surface area contributed by atoms with Crippen molar-refractivity contribution in [2.75, 3.05) is 36.4 Å². The predicted molar refractivity (Wildman–Crippen MR) is 116 cm³/mol. The Bertz CT molecular complexity index is 940. The summed E-state index contributed by atoms with van der Waals surface area (Å²) in [6.07, 6.45) is 0.918. The molecule has 1 aliphatic rings. The van der Waals surface area contributed by atoms with E-state index in [1.807, 2.05) is 42.5 Å². The molecule has 6 nitrogen and oxygen atoms in total. The molecule has 6 heteroatoms. The van der Waals surface area contributed by atoms with E-state index >= 15 is 0 Å². The van der Waals surface area contributed by atoms with Crippen LogP contribution >= 0.6 is 0 Å². The van der Waals surface area contributed by atoms with Crippen molar-refractivity contribution in [2.45, 2.75) is 13.0 Å². The normalized spacial score (nSPS) is 15.1. The summed E-state index contributed by atoms with van der Waals surface area (Å²) in [5, 5.41) is 3.45. The molecule has 3 aromatic rings. The maximum Gasteiger partial charge on any atom is 0.225 e. The summed E-state index contributed by atoms with van der Waals surface area (Å²) in [5.41, 5.74) is 3.12. The average Bonchev–Trinajstić information content (AvgIpc) is 2.80. The molecule has 0 bridgehead atoms. The first-order valence-corrected chi connectivity index (χ1v) is 9.93. The summed E-state index contributed by atoms with van der Waals surface area (Å²) in [7, 11) is 0. The van der Waals surface area contributed by atoms with E-state index in [0.717, 1.165) is 36.6 Å². The smallest absolute Gasteiger partial charge is 0.225 e. The second-order valence-electron chi connectivity index (χ2n) is 7.21. The van der Waals surface area contributed by atoms with Crippen LogP contribution < -0.4 is 10.2 Å². The van der Waals surface area contributed by atoms with E-state index in [1.165, 1.54) is 5.56 Å². The number of carbonyl (C=O) groups is 1. The van der Waals surface area contributed by atoms with E-state index in [1.54, 1.807) is 4.90 Å². The van der Waals surface area contributed by atoms with Gasteiger partial charge < -0.3 is 15.1 Å². The zero-order valence-corrected chi connectivity index (χ0v) is 16.5. The molecule has 1 amide bonds. The Hall–Kier alpha value is -3.41. The molecule has 1 saturated heterocycles. The maximum atomic E-state index is 11.0. The number of hydrogen-bond donors (Lipinski definition) is 1. The van der Waals surface area contributed by atoms with Crippen LogP contribution in [0.5, 0.6) is 0 Å². The average molecular weight is 387 g/mol. The van der Waals surface area contributed by atoms with Gasteiger partial charge in [0.05, 0.1) is 11.7 Å². The van der Waals surface area contributed by atoms with Crippen LogP contribution in [0.25, 0.3) is 11.3 Å². The van der Waals surface area contributed by atoms with Gasteiger partial charge in [-0.2, -0.15) is 4.98 Å². The number of rotatable bonds is 6. The van der Waals surface area contributed by atoms with Crippen molar-refractivity contribution in [3.05, 3.63) is 72.3 Å². The number of nitrogens with zero attached hydrogens (tertiary/aromatic N) is 4. The Morgan fingerprint density at radius 2 is 1.59 bits per heavy atom. The van der Waals surface area contributed by atoms with Gasteiger partial charge in [-0.25, -0.2) is 4.98 Å².